The van der Waals surface area contributed by atoms with Gasteiger partial charge in [0.25, 0.3) is 5.91 Å². The fourth-order valence-electron chi connectivity index (χ4n) is 2.07. The van der Waals surface area contributed by atoms with Crippen LogP contribution in [0.4, 0.5) is 0 Å². The van der Waals surface area contributed by atoms with E-state index in [1.807, 2.05) is 24.3 Å². The number of hydrogen-bond acceptors (Lipinski definition) is 4. The van der Waals surface area contributed by atoms with Crippen molar-refractivity contribution < 1.29 is 24.9 Å². The number of aliphatic carboxylic acids is 1. The van der Waals surface area contributed by atoms with E-state index in [9.17, 15) is 19.8 Å². The number of carbonyl (C=O) groups is 2. The number of fused-ring (bicyclic) bond motifs is 1. The summed E-state index contributed by atoms with van der Waals surface area (Å²) < 4.78 is 0. The quantitative estimate of drug-likeness (QED) is 0.497. The molecule has 0 bridgehead atoms. The van der Waals surface area contributed by atoms with Crippen LogP contribution in [0.2, 0.25) is 0 Å². The molecule has 2 atom stereocenters. The summed E-state index contributed by atoms with van der Waals surface area (Å²) in [6.45, 7) is -0.759. The molecule has 0 spiro atoms. The van der Waals surface area contributed by atoms with Crippen molar-refractivity contribution in [1.82, 2.24) is 10.3 Å². The van der Waals surface area contributed by atoms with Crippen LogP contribution in [0.15, 0.2) is 30.5 Å². The third-order valence-electron chi connectivity index (χ3n) is 3.19. The van der Waals surface area contributed by atoms with E-state index in [0.29, 0.717) is 0 Å². The first-order valence-electron chi connectivity index (χ1n) is 6.40. The largest absolute Gasteiger partial charge is 0.480 e. The molecule has 0 saturated heterocycles. The number of aliphatic hydroxyl groups excluding tert-OH is 2. The van der Waals surface area contributed by atoms with Crippen molar-refractivity contribution in [3.8, 4) is 0 Å². The number of benzene rings is 1. The zero-order valence-electron chi connectivity index (χ0n) is 11.1. The predicted molar refractivity (Wildman–Crippen MR) is 74.7 cm³/mol. The number of aromatic amines is 1. The highest BCUT2D eigenvalue weighted by Gasteiger charge is 2.24. The molecule has 0 saturated carbocycles. The summed E-state index contributed by atoms with van der Waals surface area (Å²) >= 11 is 0. The van der Waals surface area contributed by atoms with E-state index in [-0.39, 0.29) is 6.42 Å². The number of aliphatic hydroxyl groups is 2. The van der Waals surface area contributed by atoms with Crippen molar-refractivity contribution >= 4 is 22.8 Å². The average Bonchev–Trinajstić information content (AvgIpc) is 2.88. The Kier molecular flexibility index (Phi) is 4.56. The normalized spacial score (nSPS) is 13.8. The Labute approximate surface area is 120 Å². The fraction of sp³-hybridized carbons (Fsp3) is 0.286. The molecule has 5 N–H and O–H groups in total. The fourth-order valence-corrected chi connectivity index (χ4v) is 2.07. The molecule has 7 heteroatoms. The molecule has 2 rings (SSSR count). The Morgan fingerprint density at radius 1 is 1.29 bits per heavy atom. The maximum Gasteiger partial charge on any atom is 0.326 e. The Balaban J connectivity index is 2.17. The second-order valence-electron chi connectivity index (χ2n) is 4.66. The first kappa shape index (κ1) is 15.0. The lowest BCUT2D eigenvalue weighted by Gasteiger charge is -2.16. The minimum Gasteiger partial charge on any atom is -0.480 e. The summed E-state index contributed by atoms with van der Waals surface area (Å²) in [5, 5.41) is 30.1. The van der Waals surface area contributed by atoms with Gasteiger partial charge in [0.1, 0.15) is 6.04 Å². The lowest BCUT2D eigenvalue weighted by atomic mass is 10.0. The van der Waals surface area contributed by atoms with Crippen LogP contribution >= 0.6 is 0 Å². The Bertz CT molecular complexity index is 652. The zero-order valence-corrected chi connectivity index (χ0v) is 11.1. The first-order chi connectivity index (χ1) is 10.0. The maximum absolute atomic E-state index is 11.5. The summed E-state index contributed by atoms with van der Waals surface area (Å²) in [6.07, 6.45) is 0.133. The van der Waals surface area contributed by atoms with Gasteiger partial charge in [0.2, 0.25) is 0 Å². The topological polar surface area (TPSA) is 123 Å². The van der Waals surface area contributed by atoms with E-state index in [1.165, 1.54) is 0 Å². The van der Waals surface area contributed by atoms with Gasteiger partial charge in [0, 0.05) is 23.5 Å². The number of aromatic nitrogens is 1. The predicted octanol–water partition coefficient (Wildman–Crippen LogP) is -0.367. The molecule has 7 nitrogen and oxygen atoms in total. The SMILES string of the molecule is O=C(NC(Cc1c[nH]c2ccccc12)C(=O)O)C(O)CO. The summed E-state index contributed by atoms with van der Waals surface area (Å²) in [5.41, 5.74) is 1.62. The van der Waals surface area contributed by atoms with Crippen molar-refractivity contribution in [1.29, 1.82) is 0 Å². The number of H-pyrrole nitrogens is 1. The highest BCUT2D eigenvalue weighted by molar-refractivity contribution is 5.88. The van der Waals surface area contributed by atoms with E-state index in [0.717, 1.165) is 16.5 Å². The van der Waals surface area contributed by atoms with Gasteiger partial charge >= 0.3 is 5.97 Å². The van der Waals surface area contributed by atoms with Crippen molar-refractivity contribution in [2.45, 2.75) is 18.6 Å². The van der Waals surface area contributed by atoms with Crippen LogP contribution in [0.1, 0.15) is 5.56 Å². The first-order valence-corrected chi connectivity index (χ1v) is 6.40. The highest BCUT2D eigenvalue weighted by Crippen LogP contribution is 2.19. The van der Waals surface area contributed by atoms with Gasteiger partial charge in [-0.25, -0.2) is 4.79 Å². The summed E-state index contributed by atoms with van der Waals surface area (Å²) in [4.78, 5) is 25.8. The Morgan fingerprint density at radius 3 is 2.67 bits per heavy atom. The van der Waals surface area contributed by atoms with Crippen molar-refractivity contribution in [2.24, 2.45) is 0 Å². The number of hydrogen-bond donors (Lipinski definition) is 5. The molecule has 1 amide bonds. The third kappa shape index (κ3) is 3.39. The Morgan fingerprint density at radius 2 is 2.00 bits per heavy atom. The molecule has 21 heavy (non-hydrogen) atoms. The van der Waals surface area contributed by atoms with Crippen LogP contribution in [0.25, 0.3) is 10.9 Å². The molecular weight excluding hydrogens is 276 g/mol. The number of carboxylic acid groups (broad SMARTS) is 1. The van der Waals surface area contributed by atoms with E-state index in [1.54, 1.807) is 6.20 Å². The summed E-state index contributed by atoms with van der Waals surface area (Å²) in [6, 6.07) is 6.23. The summed E-state index contributed by atoms with van der Waals surface area (Å²) in [7, 11) is 0. The molecule has 2 unspecified atom stereocenters. The van der Waals surface area contributed by atoms with Crippen molar-refractivity contribution in [3.63, 3.8) is 0 Å². The lowest BCUT2D eigenvalue weighted by Crippen LogP contribution is -2.47. The number of rotatable bonds is 6. The second kappa shape index (κ2) is 6.38. The molecule has 1 aromatic heterocycles. The average molecular weight is 292 g/mol. The molecule has 2 aromatic rings. The van der Waals surface area contributed by atoms with Crippen LogP contribution < -0.4 is 5.32 Å². The number of nitrogens with one attached hydrogen (secondary N) is 2. The van der Waals surface area contributed by atoms with Gasteiger partial charge in [-0.05, 0) is 11.6 Å². The van der Waals surface area contributed by atoms with Crippen LogP contribution in [0, 0.1) is 0 Å². The van der Waals surface area contributed by atoms with Gasteiger partial charge in [-0.3, -0.25) is 4.79 Å². The maximum atomic E-state index is 11.5. The molecule has 0 aliphatic carbocycles. The van der Waals surface area contributed by atoms with Crippen LogP contribution in [0.3, 0.4) is 0 Å². The van der Waals surface area contributed by atoms with E-state index >= 15 is 0 Å². The molecule has 1 aromatic carbocycles. The smallest absolute Gasteiger partial charge is 0.326 e. The molecule has 0 aliphatic rings. The zero-order chi connectivity index (χ0) is 15.4. The highest BCUT2D eigenvalue weighted by atomic mass is 16.4. The molecule has 0 fully saturated rings. The second-order valence-corrected chi connectivity index (χ2v) is 4.66. The minimum absolute atomic E-state index is 0.0727. The molecule has 0 aliphatic heterocycles. The van der Waals surface area contributed by atoms with Crippen LogP contribution in [-0.4, -0.2) is 50.9 Å². The van der Waals surface area contributed by atoms with E-state index in [4.69, 9.17) is 5.11 Å². The van der Waals surface area contributed by atoms with Gasteiger partial charge in [-0.1, -0.05) is 18.2 Å². The van der Waals surface area contributed by atoms with Crippen LogP contribution in [0.5, 0.6) is 0 Å². The third-order valence-corrected chi connectivity index (χ3v) is 3.19. The number of carbonyl (C=O) groups excluding carboxylic acids is 1. The summed E-state index contributed by atoms with van der Waals surface area (Å²) in [5.74, 6) is -2.12. The van der Waals surface area contributed by atoms with E-state index in [2.05, 4.69) is 10.3 Å². The van der Waals surface area contributed by atoms with Gasteiger partial charge in [-0.2, -0.15) is 0 Å². The monoisotopic (exact) mass is 292 g/mol. The Hall–Kier alpha value is -2.38. The van der Waals surface area contributed by atoms with Gasteiger partial charge in [0.15, 0.2) is 6.10 Å². The van der Waals surface area contributed by atoms with Crippen LogP contribution in [-0.2, 0) is 16.0 Å². The van der Waals surface area contributed by atoms with Gasteiger partial charge < -0.3 is 25.6 Å². The number of amides is 1. The molecular formula is C14H16N2O5. The van der Waals surface area contributed by atoms with Gasteiger partial charge in [0.05, 0.1) is 6.61 Å². The van der Waals surface area contributed by atoms with Crippen molar-refractivity contribution in [2.75, 3.05) is 6.61 Å². The molecule has 112 valence electrons. The number of carboxylic acids is 1. The number of para-hydroxylation sites is 1. The molecule has 0 radical (unpaired) electrons. The van der Waals surface area contributed by atoms with Gasteiger partial charge in [-0.15, -0.1) is 0 Å². The van der Waals surface area contributed by atoms with E-state index < -0.39 is 30.6 Å². The molecule has 1 heterocycles. The van der Waals surface area contributed by atoms with Crippen molar-refractivity contribution in [3.05, 3.63) is 36.0 Å². The lowest BCUT2D eigenvalue weighted by molar-refractivity contribution is -0.143. The standard InChI is InChI=1S/C14H16N2O5/c17-7-12(18)13(19)16-11(14(20)21)5-8-6-15-10-4-2-1-3-9(8)10/h1-4,6,11-12,15,17-18H,5,7H2,(H,16,19)(H,20,21). The minimum atomic E-state index is -1.63.